The average Bonchev–Trinajstić information content (AvgIpc) is 3.26. The topological polar surface area (TPSA) is 78.9 Å². The van der Waals surface area contributed by atoms with E-state index in [0.29, 0.717) is 19.3 Å². The van der Waals surface area contributed by atoms with Gasteiger partial charge in [-0.05, 0) is 51.4 Å². The van der Waals surface area contributed by atoms with Crippen LogP contribution in [0.4, 0.5) is 0 Å². The number of carbonyl (C=O) groups excluding carboxylic acids is 3. The van der Waals surface area contributed by atoms with Crippen molar-refractivity contribution in [3.8, 4) is 0 Å². The molecule has 0 saturated carbocycles. The molecule has 0 aliphatic rings. The zero-order valence-electron chi connectivity index (χ0n) is 40.7. The van der Waals surface area contributed by atoms with E-state index in [4.69, 9.17) is 14.2 Å². The number of unbranched alkanes of at least 4 members (excludes halogenated alkanes) is 31. The van der Waals surface area contributed by atoms with Crippen molar-refractivity contribution in [2.75, 3.05) is 13.2 Å². The third-order valence-corrected chi connectivity index (χ3v) is 11.7. The number of carbonyl (C=O) groups is 3. The van der Waals surface area contributed by atoms with Gasteiger partial charge in [0.05, 0.1) is 0 Å². The van der Waals surface area contributed by atoms with Crippen LogP contribution in [0.25, 0.3) is 0 Å². The molecule has 0 aromatic heterocycles. The fraction of sp³-hybridized carbons (Fsp3) is 0.836. The lowest BCUT2D eigenvalue weighted by molar-refractivity contribution is -0.167. The van der Waals surface area contributed by atoms with E-state index in [0.717, 1.165) is 96.3 Å². The van der Waals surface area contributed by atoms with Crippen molar-refractivity contribution >= 4 is 17.9 Å². The predicted molar refractivity (Wildman–Crippen MR) is 261 cm³/mol. The number of hydrogen-bond acceptors (Lipinski definition) is 6. The van der Waals surface area contributed by atoms with Crippen LogP contribution in [0.3, 0.4) is 0 Å². The van der Waals surface area contributed by atoms with E-state index in [2.05, 4.69) is 57.2 Å². The molecule has 356 valence electrons. The Morgan fingerprint density at radius 3 is 1.00 bits per heavy atom. The first-order chi connectivity index (χ1) is 30.0. The maximum atomic E-state index is 12.8. The third kappa shape index (κ3) is 48.5. The van der Waals surface area contributed by atoms with E-state index in [-0.39, 0.29) is 31.1 Å². The largest absolute Gasteiger partial charge is 0.462 e. The van der Waals surface area contributed by atoms with Gasteiger partial charge in [-0.1, -0.05) is 243 Å². The highest BCUT2D eigenvalue weighted by Crippen LogP contribution is 2.16. The minimum Gasteiger partial charge on any atom is -0.462 e. The lowest BCUT2D eigenvalue weighted by atomic mass is 10.0. The van der Waals surface area contributed by atoms with Crippen LogP contribution in [-0.4, -0.2) is 37.2 Å². The van der Waals surface area contributed by atoms with Gasteiger partial charge in [-0.25, -0.2) is 0 Å². The molecule has 0 aliphatic carbocycles. The maximum absolute atomic E-state index is 12.8. The molecule has 0 N–H and O–H groups in total. The summed E-state index contributed by atoms with van der Waals surface area (Å²) in [5, 5.41) is 0. The first kappa shape index (κ1) is 58.6. The Bertz CT molecular complexity index is 1030. The first-order valence-corrected chi connectivity index (χ1v) is 26.5. The molecular formula is C55H100O6. The summed E-state index contributed by atoms with van der Waals surface area (Å²) < 4.78 is 16.8. The van der Waals surface area contributed by atoms with Crippen LogP contribution in [0.15, 0.2) is 36.5 Å². The lowest BCUT2D eigenvalue weighted by Gasteiger charge is -2.18. The Labute approximate surface area is 378 Å². The van der Waals surface area contributed by atoms with Crippen molar-refractivity contribution in [1.82, 2.24) is 0 Å². The second kappa shape index (κ2) is 50.3. The summed E-state index contributed by atoms with van der Waals surface area (Å²) in [7, 11) is 0. The second-order valence-corrected chi connectivity index (χ2v) is 17.8. The Morgan fingerprint density at radius 2 is 0.639 bits per heavy atom. The SMILES string of the molecule is CC/C=C\C/C=C\C/C=C\CCCCCCCC(=O)O[C@H](COC(=O)CCCCCCCCCCC)COC(=O)CCCCCCCCCCCCCCCCCCCCC. The van der Waals surface area contributed by atoms with Gasteiger partial charge in [0.25, 0.3) is 0 Å². The first-order valence-electron chi connectivity index (χ1n) is 26.5. The molecule has 0 saturated heterocycles. The van der Waals surface area contributed by atoms with Crippen LogP contribution in [-0.2, 0) is 28.6 Å². The second-order valence-electron chi connectivity index (χ2n) is 17.8. The molecule has 0 unspecified atom stereocenters. The van der Waals surface area contributed by atoms with Crippen molar-refractivity contribution in [2.45, 2.75) is 284 Å². The predicted octanol–water partition coefficient (Wildman–Crippen LogP) is 17.3. The van der Waals surface area contributed by atoms with Crippen LogP contribution in [0.5, 0.6) is 0 Å². The molecule has 0 amide bonds. The van der Waals surface area contributed by atoms with E-state index in [1.54, 1.807) is 0 Å². The third-order valence-electron chi connectivity index (χ3n) is 11.7. The summed E-state index contributed by atoms with van der Waals surface area (Å²) in [5.41, 5.74) is 0. The standard InChI is InChI=1S/C55H100O6/c1-4-7-10-13-16-19-21-23-25-26-27-28-30-31-33-36-39-42-45-48-54(57)60-51-52(50-59-53(56)47-44-41-38-35-18-15-12-9-6-3)61-55(58)49-46-43-40-37-34-32-29-24-22-20-17-14-11-8-5-2/h8,11,17,20,24,29,52H,4-7,9-10,12-16,18-19,21-23,25-28,30-51H2,1-3H3/b11-8-,20-17-,29-24-/t52-/m1/s1. The van der Waals surface area contributed by atoms with Gasteiger partial charge in [0, 0.05) is 19.3 Å². The molecule has 0 radical (unpaired) electrons. The molecule has 61 heavy (non-hydrogen) atoms. The summed E-state index contributed by atoms with van der Waals surface area (Å²) in [6.07, 6.45) is 58.5. The molecule has 0 aliphatic heterocycles. The molecule has 0 heterocycles. The summed E-state index contributed by atoms with van der Waals surface area (Å²) in [6, 6.07) is 0. The lowest BCUT2D eigenvalue weighted by Crippen LogP contribution is -2.30. The van der Waals surface area contributed by atoms with Crippen molar-refractivity contribution in [3.63, 3.8) is 0 Å². The quantitative estimate of drug-likeness (QED) is 0.0262. The highest BCUT2D eigenvalue weighted by molar-refractivity contribution is 5.71. The summed E-state index contributed by atoms with van der Waals surface area (Å²) >= 11 is 0. The number of esters is 3. The van der Waals surface area contributed by atoms with Crippen LogP contribution < -0.4 is 0 Å². The van der Waals surface area contributed by atoms with Gasteiger partial charge >= 0.3 is 17.9 Å². The monoisotopic (exact) mass is 857 g/mol. The van der Waals surface area contributed by atoms with Gasteiger partial charge in [-0.2, -0.15) is 0 Å². The van der Waals surface area contributed by atoms with E-state index in [9.17, 15) is 14.4 Å². The highest BCUT2D eigenvalue weighted by atomic mass is 16.6. The summed E-state index contributed by atoms with van der Waals surface area (Å²) in [4.78, 5) is 37.9. The van der Waals surface area contributed by atoms with Gasteiger partial charge in [-0.3, -0.25) is 14.4 Å². The van der Waals surface area contributed by atoms with Crippen molar-refractivity contribution < 1.29 is 28.6 Å². The van der Waals surface area contributed by atoms with Gasteiger partial charge in [0.1, 0.15) is 13.2 Å². The molecule has 0 bridgehead atoms. The smallest absolute Gasteiger partial charge is 0.306 e. The van der Waals surface area contributed by atoms with E-state index >= 15 is 0 Å². The fourth-order valence-electron chi connectivity index (χ4n) is 7.69. The van der Waals surface area contributed by atoms with E-state index in [1.807, 2.05) is 0 Å². The van der Waals surface area contributed by atoms with Crippen molar-refractivity contribution in [1.29, 1.82) is 0 Å². The Balaban J connectivity index is 4.27. The Hall–Kier alpha value is -2.37. The van der Waals surface area contributed by atoms with Gasteiger partial charge in [0.2, 0.25) is 0 Å². The number of ether oxygens (including phenoxy) is 3. The van der Waals surface area contributed by atoms with Gasteiger partial charge in [0.15, 0.2) is 6.10 Å². The molecule has 0 rings (SSSR count). The summed E-state index contributed by atoms with van der Waals surface area (Å²) in [5.74, 6) is -0.883. The molecule has 6 heteroatoms. The van der Waals surface area contributed by atoms with Crippen LogP contribution in [0.2, 0.25) is 0 Å². The van der Waals surface area contributed by atoms with Crippen molar-refractivity contribution in [2.24, 2.45) is 0 Å². The zero-order valence-corrected chi connectivity index (χ0v) is 40.7. The number of allylic oxidation sites excluding steroid dienone is 6. The van der Waals surface area contributed by atoms with E-state index in [1.165, 1.54) is 141 Å². The normalized spacial score (nSPS) is 12.2. The molecule has 0 aromatic carbocycles. The maximum Gasteiger partial charge on any atom is 0.306 e. The minimum absolute atomic E-state index is 0.0752. The Morgan fingerprint density at radius 1 is 0.344 bits per heavy atom. The van der Waals surface area contributed by atoms with Crippen LogP contribution in [0.1, 0.15) is 278 Å². The number of hydrogen-bond donors (Lipinski definition) is 0. The van der Waals surface area contributed by atoms with E-state index < -0.39 is 6.10 Å². The molecule has 1 atom stereocenters. The average molecular weight is 857 g/mol. The molecule has 6 nitrogen and oxygen atoms in total. The highest BCUT2D eigenvalue weighted by Gasteiger charge is 2.19. The molecule has 0 spiro atoms. The van der Waals surface area contributed by atoms with Gasteiger partial charge < -0.3 is 14.2 Å². The van der Waals surface area contributed by atoms with Crippen LogP contribution >= 0.6 is 0 Å². The zero-order chi connectivity index (χ0) is 44.4. The Kier molecular flexibility index (Phi) is 48.3. The molecule has 0 aromatic rings. The number of rotatable bonds is 48. The minimum atomic E-state index is -0.775. The summed E-state index contributed by atoms with van der Waals surface area (Å²) in [6.45, 7) is 6.52. The fourth-order valence-corrected chi connectivity index (χ4v) is 7.69. The van der Waals surface area contributed by atoms with Crippen molar-refractivity contribution in [3.05, 3.63) is 36.5 Å². The van der Waals surface area contributed by atoms with Crippen LogP contribution in [0, 0.1) is 0 Å². The molecular weight excluding hydrogens is 757 g/mol. The van der Waals surface area contributed by atoms with Gasteiger partial charge in [-0.15, -0.1) is 0 Å². The molecule has 0 fully saturated rings.